The van der Waals surface area contributed by atoms with E-state index in [9.17, 15) is 19.5 Å². The molecule has 1 aliphatic carbocycles. The second-order valence-electron chi connectivity index (χ2n) is 14.9. The predicted molar refractivity (Wildman–Crippen MR) is 179 cm³/mol. The van der Waals surface area contributed by atoms with Crippen molar-refractivity contribution in [3.05, 3.63) is 57.7 Å². The molecule has 4 heterocycles. The molecule has 1 N–H and O–H groups in total. The first-order chi connectivity index (χ1) is 22.1. The third-order valence-electron chi connectivity index (χ3n) is 10.2. The average Bonchev–Trinajstić information content (AvgIpc) is 3.50. The van der Waals surface area contributed by atoms with E-state index in [4.69, 9.17) is 21.1 Å². The Hall–Kier alpha value is -3.41. The van der Waals surface area contributed by atoms with Gasteiger partial charge in [0.25, 0.3) is 5.56 Å². The van der Waals surface area contributed by atoms with E-state index in [1.807, 2.05) is 63.8 Å². The number of benzene rings is 1. The molecule has 2 amide bonds. The molecule has 3 aliphatic rings. The summed E-state index contributed by atoms with van der Waals surface area (Å²) in [6.45, 7) is 13.5. The molecule has 0 radical (unpaired) electrons. The van der Waals surface area contributed by atoms with Crippen molar-refractivity contribution in [2.75, 3.05) is 26.2 Å². The molecule has 2 aliphatic heterocycles. The van der Waals surface area contributed by atoms with Crippen molar-refractivity contribution in [3.63, 3.8) is 0 Å². The summed E-state index contributed by atoms with van der Waals surface area (Å²) in [4.78, 5) is 47.9. The van der Waals surface area contributed by atoms with Gasteiger partial charge in [-0.2, -0.15) is 0 Å². The number of morpholine rings is 1. The van der Waals surface area contributed by atoms with Gasteiger partial charge in [-0.05, 0) is 76.1 Å². The largest absolute Gasteiger partial charge is 0.444 e. The Labute approximate surface area is 280 Å². The van der Waals surface area contributed by atoms with Gasteiger partial charge in [-0.25, -0.2) is 9.78 Å². The van der Waals surface area contributed by atoms with Crippen LogP contribution < -0.4 is 5.56 Å². The number of likely N-dealkylation sites (tertiary alicyclic amines) is 1. The van der Waals surface area contributed by atoms with Gasteiger partial charge < -0.3 is 19.5 Å². The average molecular weight is 668 g/mol. The van der Waals surface area contributed by atoms with Crippen molar-refractivity contribution in [2.45, 2.75) is 97.1 Å². The molecule has 2 saturated heterocycles. The highest BCUT2D eigenvalue weighted by Gasteiger charge is 2.55. The van der Waals surface area contributed by atoms with Crippen LogP contribution in [0.5, 0.6) is 0 Å². The van der Waals surface area contributed by atoms with Crippen molar-refractivity contribution in [3.8, 4) is 5.69 Å². The van der Waals surface area contributed by atoms with E-state index < -0.39 is 11.2 Å². The van der Waals surface area contributed by atoms with Gasteiger partial charge in [0.2, 0.25) is 5.91 Å². The van der Waals surface area contributed by atoms with Crippen LogP contribution in [0, 0.1) is 11.3 Å². The van der Waals surface area contributed by atoms with Crippen molar-refractivity contribution in [1.82, 2.24) is 23.9 Å². The van der Waals surface area contributed by atoms with Gasteiger partial charge in [0.05, 0.1) is 42.8 Å². The SMILES string of the molecule is CC[C@H]1CN(C(=O)OC(C)(C)C)[C@H](c2ccc(-n3c(Cl)cc4c(=O)n(CC5(O)CCN(C(=O)[C@]6(C)C[C@H]6C)CC5)cnc43)cc2)CO1. The lowest BCUT2D eigenvalue weighted by molar-refractivity contribution is -0.141. The Morgan fingerprint density at radius 2 is 1.83 bits per heavy atom. The summed E-state index contributed by atoms with van der Waals surface area (Å²) in [6, 6.07) is 8.89. The van der Waals surface area contributed by atoms with Gasteiger partial charge in [-0.3, -0.25) is 23.6 Å². The molecule has 3 aromatic rings. The second-order valence-corrected chi connectivity index (χ2v) is 15.2. The van der Waals surface area contributed by atoms with Gasteiger partial charge in [0.15, 0.2) is 5.65 Å². The number of ether oxygens (including phenoxy) is 2. The molecule has 12 heteroatoms. The number of nitrogens with zero attached hydrogens (tertiary/aromatic N) is 5. The summed E-state index contributed by atoms with van der Waals surface area (Å²) in [5, 5.41) is 12.1. The Morgan fingerprint density at radius 1 is 1.17 bits per heavy atom. The van der Waals surface area contributed by atoms with Gasteiger partial charge in [0.1, 0.15) is 17.1 Å². The first kappa shape index (κ1) is 33.5. The molecular formula is C35H46ClN5O6. The molecule has 11 nitrogen and oxygen atoms in total. The minimum atomic E-state index is -1.12. The summed E-state index contributed by atoms with van der Waals surface area (Å²) in [7, 11) is 0. The van der Waals surface area contributed by atoms with Crippen molar-refractivity contribution >= 4 is 34.6 Å². The monoisotopic (exact) mass is 667 g/mol. The third kappa shape index (κ3) is 6.54. The van der Waals surface area contributed by atoms with Crippen LogP contribution in [-0.2, 0) is 20.8 Å². The number of fused-ring (bicyclic) bond motifs is 1. The number of carbonyl (C=O) groups excluding carboxylic acids is 2. The second kappa shape index (κ2) is 12.2. The van der Waals surface area contributed by atoms with Crippen LogP contribution in [0.3, 0.4) is 0 Å². The zero-order valence-corrected chi connectivity index (χ0v) is 28.9. The molecule has 0 unspecified atom stereocenters. The third-order valence-corrected chi connectivity index (χ3v) is 10.5. The molecule has 0 spiro atoms. The Morgan fingerprint density at radius 3 is 2.43 bits per heavy atom. The summed E-state index contributed by atoms with van der Waals surface area (Å²) in [5.74, 6) is 0.549. The number of rotatable bonds is 6. The van der Waals surface area contributed by atoms with E-state index in [-0.39, 0.29) is 41.7 Å². The molecule has 1 saturated carbocycles. The van der Waals surface area contributed by atoms with Crippen LogP contribution in [0.4, 0.5) is 4.79 Å². The number of aromatic nitrogens is 3. The zero-order chi connectivity index (χ0) is 33.9. The Bertz CT molecular complexity index is 1720. The topological polar surface area (TPSA) is 119 Å². The van der Waals surface area contributed by atoms with Crippen LogP contribution >= 0.6 is 11.6 Å². The lowest BCUT2D eigenvalue weighted by atomic mass is 9.90. The van der Waals surface area contributed by atoms with E-state index in [0.717, 1.165) is 18.4 Å². The lowest BCUT2D eigenvalue weighted by Crippen LogP contribution is -2.51. The normalized spacial score (nSPS) is 26.0. The summed E-state index contributed by atoms with van der Waals surface area (Å²) in [5.41, 5.74) is -0.315. The molecule has 3 fully saturated rings. The maximum absolute atomic E-state index is 13.6. The first-order valence-corrected chi connectivity index (χ1v) is 17.0. The summed E-state index contributed by atoms with van der Waals surface area (Å²) < 4.78 is 14.9. The van der Waals surface area contributed by atoms with E-state index in [0.29, 0.717) is 66.9 Å². The fraction of sp³-hybridized carbons (Fsp3) is 0.600. The molecule has 6 rings (SSSR count). The van der Waals surface area contributed by atoms with E-state index >= 15 is 0 Å². The summed E-state index contributed by atoms with van der Waals surface area (Å²) in [6.07, 6.45) is 3.49. The molecule has 2 aromatic heterocycles. The van der Waals surface area contributed by atoms with Gasteiger partial charge in [-0.1, -0.05) is 44.5 Å². The highest BCUT2D eigenvalue weighted by Crippen LogP contribution is 2.53. The highest BCUT2D eigenvalue weighted by atomic mass is 35.5. The molecule has 47 heavy (non-hydrogen) atoms. The van der Waals surface area contributed by atoms with Crippen molar-refractivity contribution < 1.29 is 24.2 Å². The van der Waals surface area contributed by atoms with Crippen LogP contribution in [0.1, 0.15) is 78.8 Å². The number of carbonyl (C=O) groups is 2. The number of hydrogen-bond donors (Lipinski definition) is 1. The number of amides is 2. The standard InChI is InChI=1S/C35H46ClN5O6/c1-7-25-18-40(32(44)47-33(3,4)5)27(19-46-25)23-8-10-24(11-9-23)41-28(36)16-26-29(41)37-21-39(30(26)42)20-35(45)12-14-38(15-13-35)31(43)34(6)17-22(34)2/h8-11,16,21-22,25,27,45H,7,12-15,17-20H2,1-6H3/t22-,25+,27+,34-/m1/s1. The number of piperidine rings is 1. The van der Waals surface area contributed by atoms with E-state index in [2.05, 4.69) is 11.9 Å². The molecule has 0 bridgehead atoms. The summed E-state index contributed by atoms with van der Waals surface area (Å²) >= 11 is 6.69. The predicted octanol–water partition coefficient (Wildman–Crippen LogP) is 5.33. The van der Waals surface area contributed by atoms with Crippen molar-refractivity contribution in [1.29, 1.82) is 0 Å². The van der Waals surface area contributed by atoms with Crippen LogP contribution in [0.15, 0.2) is 41.5 Å². The first-order valence-electron chi connectivity index (χ1n) is 16.6. The maximum atomic E-state index is 13.6. The van der Waals surface area contributed by atoms with Gasteiger partial charge >= 0.3 is 6.09 Å². The molecule has 4 atom stereocenters. The smallest absolute Gasteiger partial charge is 0.410 e. The minimum Gasteiger partial charge on any atom is -0.444 e. The molecular weight excluding hydrogens is 622 g/mol. The van der Waals surface area contributed by atoms with Crippen LogP contribution in [0.2, 0.25) is 5.15 Å². The fourth-order valence-electron chi connectivity index (χ4n) is 6.89. The zero-order valence-electron chi connectivity index (χ0n) is 28.2. The van der Waals surface area contributed by atoms with E-state index in [1.165, 1.54) is 10.9 Å². The van der Waals surface area contributed by atoms with Crippen LogP contribution in [-0.4, -0.2) is 84.6 Å². The molecule has 254 valence electrons. The number of aliphatic hydroxyl groups is 1. The Kier molecular flexibility index (Phi) is 8.72. The van der Waals surface area contributed by atoms with E-state index in [1.54, 1.807) is 15.5 Å². The van der Waals surface area contributed by atoms with Crippen LogP contribution in [0.25, 0.3) is 16.7 Å². The fourth-order valence-corrected chi connectivity index (χ4v) is 7.18. The Balaban J connectivity index is 1.19. The number of hydrogen-bond acceptors (Lipinski definition) is 7. The van der Waals surface area contributed by atoms with Crippen molar-refractivity contribution in [2.24, 2.45) is 11.3 Å². The van der Waals surface area contributed by atoms with Gasteiger partial charge in [0, 0.05) is 24.2 Å². The quantitative estimate of drug-likeness (QED) is 0.378. The minimum absolute atomic E-state index is 0.0595. The highest BCUT2D eigenvalue weighted by molar-refractivity contribution is 6.31. The maximum Gasteiger partial charge on any atom is 0.410 e. The lowest BCUT2D eigenvalue weighted by Gasteiger charge is -2.40. The van der Waals surface area contributed by atoms with Gasteiger partial charge in [-0.15, -0.1) is 0 Å². The number of halogens is 1. The molecule has 1 aromatic carbocycles.